The number of nitrogens with zero attached hydrogens (tertiary/aromatic N) is 2. The van der Waals surface area contributed by atoms with Gasteiger partial charge >= 0.3 is 0 Å². The van der Waals surface area contributed by atoms with Crippen LogP contribution < -0.4 is 9.46 Å². The van der Waals surface area contributed by atoms with Crippen LogP contribution in [0.25, 0.3) is 21.7 Å². The van der Waals surface area contributed by atoms with E-state index in [1.54, 1.807) is 12.1 Å². The van der Waals surface area contributed by atoms with Gasteiger partial charge in [-0.15, -0.1) is 0 Å². The molecule has 1 aromatic heterocycles. The van der Waals surface area contributed by atoms with Crippen molar-refractivity contribution in [3.8, 4) is 5.75 Å². The second-order valence-electron chi connectivity index (χ2n) is 9.96. The fourth-order valence-corrected chi connectivity index (χ4v) is 6.52. The van der Waals surface area contributed by atoms with Crippen molar-refractivity contribution in [2.24, 2.45) is 0 Å². The summed E-state index contributed by atoms with van der Waals surface area (Å²) < 4.78 is 35.4. The molecule has 4 aromatic rings. The Labute approximate surface area is 229 Å². The number of ether oxygens (including phenoxy) is 1. The summed E-state index contributed by atoms with van der Waals surface area (Å²) in [5.74, 6) is 0.718. The van der Waals surface area contributed by atoms with Gasteiger partial charge in [0.25, 0.3) is 0 Å². The lowest BCUT2D eigenvalue weighted by Gasteiger charge is -2.32. The zero-order chi connectivity index (χ0) is 26.5. The first-order chi connectivity index (χ1) is 18.4. The van der Waals surface area contributed by atoms with Gasteiger partial charge in [0.2, 0.25) is 10.0 Å². The van der Waals surface area contributed by atoms with E-state index in [9.17, 15) is 8.42 Å². The number of halogens is 1. The highest BCUT2D eigenvalue weighted by atomic mass is 35.5. The number of aryl methyl sites for hydroxylation is 1. The maximum atomic E-state index is 13.2. The van der Waals surface area contributed by atoms with E-state index in [-0.39, 0.29) is 4.90 Å². The summed E-state index contributed by atoms with van der Waals surface area (Å²) in [5.41, 5.74) is 2.15. The van der Waals surface area contributed by atoms with Crippen molar-refractivity contribution in [1.29, 1.82) is 0 Å². The van der Waals surface area contributed by atoms with Crippen LogP contribution in [0.5, 0.6) is 5.75 Å². The van der Waals surface area contributed by atoms with Crippen molar-refractivity contribution in [1.82, 2.24) is 19.5 Å². The van der Waals surface area contributed by atoms with Crippen molar-refractivity contribution in [3.63, 3.8) is 0 Å². The molecule has 0 saturated carbocycles. The molecule has 9 heteroatoms. The number of sulfonamides is 1. The Bertz CT molecular complexity index is 1500. The number of nitrogens with one attached hydrogen (secondary N) is 2. The quantitative estimate of drug-likeness (QED) is 0.258. The lowest BCUT2D eigenvalue weighted by Crippen LogP contribution is -2.44. The molecule has 1 fully saturated rings. The Kier molecular flexibility index (Phi) is 8.55. The predicted octanol–water partition coefficient (Wildman–Crippen LogP) is 4.90. The number of piperazine rings is 1. The number of aromatic nitrogens is 1. The normalized spacial score (nSPS) is 15.4. The Hall–Kier alpha value is -2.62. The summed E-state index contributed by atoms with van der Waals surface area (Å²) in [6.45, 7) is 6.34. The number of hydrogen-bond donors (Lipinski definition) is 2. The van der Waals surface area contributed by atoms with Crippen LogP contribution in [0.15, 0.2) is 65.7 Å². The van der Waals surface area contributed by atoms with Crippen LogP contribution in [-0.4, -0.2) is 76.1 Å². The summed E-state index contributed by atoms with van der Waals surface area (Å²) in [6.07, 6.45) is 4.31. The average Bonchev–Trinajstić information content (AvgIpc) is 3.32. The molecule has 1 aliphatic heterocycles. The molecule has 0 radical (unpaired) electrons. The number of H-pyrrole nitrogens is 1. The van der Waals surface area contributed by atoms with Gasteiger partial charge < -0.3 is 19.5 Å². The molecule has 0 amide bonds. The first-order valence-electron chi connectivity index (χ1n) is 13.2. The maximum absolute atomic E-state index is 13.2. The number of likely N-dealkylation sites (N-methyl/N-ethyl adjacent to an activating group) is 1. The highest BCUT2D eigenvalue weighted by Gasteiger charge is 2.19. The van der Waals surface area contributed by atoms with E-state index in [4.69, 9.17) is 16.3 Å². The lowest BCUT2D eigenvalue weighted by atomic mass is 10.1. The standard InChI is InChI=1S/C29H35ClN4O3S/c1-33-15-17-34(18-16-33)14-5-19-37-28-11-12-29(25-8-3-2-7-24(25)28)38(35,36)32-13-4-6-22-21-31-27-10-9-23(30)20-26(22)27/h2-3,7-12,20-21,31-32H,4-6,13-19H2,1H3. The number of aromatic amines is 1. The molecule has 7 nitrogen and oxygen atoms in total. The van der Waals surface area contributed by atoms with Crippen LogP contribution in [-0.2, 0) is 16.4 Å². The smallest absolute Gasteiger partial charge is 0.241 e. The summed E-state index contributed by atoms with van der Waals surface area (Å²) in [4.78, 5) is 8.34. The number of hydrogen-bond acceptors (Lipinski definition) is 5. The van der Waals surface area contributed by atoms with Gasteiger partial charge in [-0.1, -0.05) is 35.9 Å². The molecule has 0 bridgehead atoms. The molecule has 5 rings (SSSR count). The summed E-state index contributed by atoms with van der Waals surface area (Å²) >= 11 is 6.15. The van der Waals surface area contributed by atoms with Crippen molar-refractivity contribution in [2.75, 3.05) is 52.9 Å². The summed E-state index contributed by atoms with van der Waals surface area (Å²) in [5, 5.41) is 3.24. The van der Waals surface area contributed by atoms with Gasteiger partial charge in [-0.05, 0) is 62.2 Å². The molecule has 0 atom stereocenters. The van der Waals surface area contributed by atoms with E-state index in [0.29, 0.717) is 30.0 Å². The van der Waals surface area contributed by atoms with Gasteiger partial charge in [-0.3, -0.25) is 0 Å². The third kappa shape index (κ3) is 6.33. The third-order valence-corrected chi connectivity index (χ3v) is 9.00. The van der Waals surface area contributed by atoms with Crippen LogP contribution in [0, 0.1) is 0 Å². The van der Waals surface area contributed by atoms with Gasteiger partial charge in [0.1, 0.15) is 5.75 Å². The molecule has 1 saturated heterocycles. The fraction of sp³-hybridized carbons (Fsp3) is 0.379. The van der Waals surface area contributed by atoms with Gasteiger partial charge in [0.05, 0.1) is 11.5 Å². The maximum Gasteiger partial charge on any atom is 0.241 e. The molecular weight excluding hydrogens is 520 g/mol. The number of rotatable bonds is 11. The molecular formula is C29H35ClN4O3S. The average molecular weight is 555 g/mol. The van der Waals surface area contributed by atoms with E-state index < -0.39 is 10.0 Å². The fourth-order valence-electron chi connectivity index (χ4n) is 5.07. The highest BCUT2D eigenvalue weighted by molar-refractivity contribution is 7.89. The topological polar surface area (TPSA) is 77.7 Å². The van der Waals surface area contributed by atoms with E-state index in [1.165, 1.54) is 0 Å². The largest absolute Gasteiger partial charge is 0.493 e. The first-order valence-corrected chi connectivity index (χ1v) is 15.1. The van der Waals surface area contributed by atoms with Crippen LogP contribution in [0.1, 0.15) is 18.4 Å². The van der Waals surface area contributed by atoms with Crippen molar-refractivity contribution < 1.29 is 13.2 Å². The Morgan fingerprint density at radius 3 is 2.58 bits per heavy atom. The Morgan fingerprint density at radius 2 is 1.76 bits per heavy atom. The van der Waals surface area contributed by atoms with Crippen molar-refractivity contribution in [3.05, 3.63) is 71.4 Å². The highest BCUT2D eigenvalue weighted by Crippen LogP contribution is 2.31. The van der Waals surface area contributed by atoms with Crippen LogP contribution in [0.3, 0.4) is 0 Å². The van der Waals surface area contributed by atoms with Gasteiger partial charge in [0, 0.05) is 72.2 Å². The van der Waals surface area contributed by atoms with Crippen molar-refractivity contribution in [2.45, 2.75) is 24.2 Å². The van der Waals surface area contributed by atoms with E-state index in [2.05, 4.69) is 26.6 Å². The Morgan fingerprint density at radius 1 is 0.974 bits per heavy atom. The van der Waals surface area contributed by atoms with Crippen LogP contribution in [0.2, 0.25) is 5.02 Å². The minimum atomic E-state index is -3.68. The first kappa shape index (κ1) is 27.0. The monoisotopic (exact) mass is 554 g/mol. The van der Waals surface area contributed by atoms with Crippen molar-refractivity contribution >= 4 is 43.3 Å². The van der Waals surface area contributed by atoms with Crippen LogP contribution in [0.4, 0.5) is 0 Å². The van der Waals surface area contributed by atoms with E-state index in [0.717, 1.165) is 73.2 Å². The molecule has 202 valence electrons. The lowest BCUT2D eigenvalue weighted by molar-refractivity contribution is 0.145. The molecule has 0 unspecified atom stereocenters. The minimum Gasteiger partial charge on any atom is -0.493 e. The van der Waals surface area contributed by atoms with Crippen LogP contribution >= 0.6 is 11.6 Å². The Balaban J connectivity index is 1.19. The van der Waals surface area contributed by atoms with Gasteiger partial charge in [-0.25, -0.2) is 13.1 Å². The molecule has 38 heavy (non-hydrogen) atoms. The summed E-state index contributed by atoms with van der Waals surface area (Å²) in [7, 11) is -1.52. The molecule has 1 aliphatic rings. The zero-order valence-corrected chi connectivity index (χ0v) is 23.3. The minimum absolute atomic E-state index is 0.275. The molecule has 0 aliphatic carbocycles. The summed E-state index contributed by atoms with van der Waals surface area (Å²) in [6, 6.07) is 16.7. The van der Waals surface area contributed by atoms with Gasteiger partial charge in [0.15, 0.2) is 0 Å². The predicted molar refractivity (Wildman–Crippen MR) is 155 cm³/mol. The number of fused-ring (bicyclic) bond motifs is 2. The van der Waals surface area contributed by atoms with Gasteiger partial charge in [-0.2, -0.15) is 0 Å². The van der Waals surface area contributed by atoms with E-state index >= 15 is 0 Å². The second kappa shape index (κ2) is 12.1. The van der Waals surface area contributed by atoms with E-state index in [1.807, 2.05) is 48.7 Å². The second-order valence-corrected chi connectivity index (χ2v) is 12.1. The number of benzene rings is 3. The molecule has 2 heterocycles. The molecule has 0 spiro atoms. The molecule has 2 N–H and O–H groups in total. The SMILES string of the molecule is CN1CCN(CCCOc2ccc(S(=O)(=O)NCCCc3c[nH]c4ccc(Cl)cc34)c3ccccc23)CC1. The third-order valence-electron chi connectivity index (χ3n) is 7.25. The molecule has 3 aromatic carbocycles. The zero-order valence-electron chi connectivity index (χ0n) is 21.7.